The van der Waals surface area contributed by atoms with E-state index in [0.717, 1.165) is 22.2 Å². The molecule has 5 heteroatoms. The van der Waals surface area contributed by atoms with Crippen molar-refractivity contribution in [2.24, 2.45) is 0 Å². The molecule has 1 aliphatic rings. The van der Waals surface area contributed by atoms with Gasteiger partial charge >= 0.3 is 0 Å². The molecule has 1 heterocycles. The number of nitrogens with one attached hydrogen (secondary N) is 1. The Kier molecular flexibility index (Phi) is 5.00. The molecule has 0 amide bonds. The first kappa shape index (κ1) is 13.8. The van der Waals surface area contributed by atoms with Gasteiger partial charge in [-0.1, -0.05) is 15.9 Å². The van der Waals surface area contributed by atoms with Crippen LogP contribution in [-0.2, 0) is 4.74 Å². The summed E-state index contributed by atoms with van der Waals surface area (Å²) in [6, 6.07) is 6.23. The molecule has 0 saturated carbocycles. The lowest BCUT2D eigenvalue weighted by Crippen LogP contribution is -2.35. The third-order valence-corrected chi connectivity index (χ3v) is 3.46. The molecule has 1 aliphatic heterocycles. The molecular weight excluding hydrogens is 298 g/mol. The van der Waals surface area contributed by atoms with Crippen LogP contribution in [0, 0.1) is 0 Å². The van der Waals surface area contributed by atoms with Crippen molar-refractivity contribution in [3.05, 3.63) is 28.2 Å². The molecule has 0 aliphatic carbocycles. The summed E-state index contributed by atoms with van der Waals surface area (Å²) in [7, 11) is 1.59. The van der Waals surface area contributed by atoms with Gasteiger partial charge in [0.1, 0.15) is 5.75 Å². The molecule has 100 valence electrons. The number of rotatable bonds is 5. The SMILES string of the molecule is COCC(O)CNC1CCOc2ccc(Br)cc21. The van der Waals surface area contributed by atoms with Crippen molar-refractivity contribution in [1.29, 1.82) is 0 Å². The highest BCUT2D eigenvalue weighted by atomic mass is 79.9. The Hall–Kier alpha value is -0.620. The zero-order valence-corrected chi connectivity index (χ0v) is 11.9. The number of methoxy groups -OCH3 is 1. The van der Waals surface area contributed by atoms with Gasteiger partial charge in [-0.3, -0.25) is 0 Å². The van der Waals surface area contributed by atoms with E-state index in [1.54, 1.807) is 7.11 Å². The maximum absolute atomic E-state index is 9.65. The summed E-state index contributed by atoms with van der Waals surface area (Å²) in [5, 5.41) is 13.0. The van der Waals surface area contributed by atoms with Gasteiger partial charge in [-0.25, -0.2) is 0 Å². The zero-order chi connectivity index (χ0) is 13.0. The summed E-state index contributed by atoms with van der Waals surface area (Å²) >= 11 is 3.47. The molecule has 1 aromatic carbocycles. The minimum atomic E-state index is -0.478. The number of aliphatic hydroxyl groups is 1. The van der Waals surface area contributed by atoms with Crippen molar-refractivity contribution in [2.45, 2.75) is 18.6 Å². The van der Waals surface area contributed by atoms with Crippen LogP contribution >= 0.6 is 15.9 Å². The Bertz CT molecular complexity index is 400. The van der Waals surface area contributed by atoms with Crippen molar-refractivity contribution >= 4 is 15.9 Å². The van der Waals surface area contributed by atoms with Crippen molar-refractivity contribution < 1.29 is 14.6 Å². The maximum atomic E-state index is 9.65. The molecule has 4 nitrogen and oxygen atoms in total. The monoisotopic (exact) mass is 315 g/mol. The number of aliphatic hydroxyl groups excluding tert-OH is 1. The predicted octanol–water partition coefficient (Wildman–Crippen LogP) is 1.87. The highest BCUT2D eigenvalue weighted by Crippen LogP contribution is 2.33. The molecule has 2 atom stereocenters. The quantitative estimate of drug-likeness (QED) is 0.871. The fourth-order valence-corrected chi connectivity index (χ4v) is 2.49. The highest BCUT2D eigenvalue weighted by Gasteiger charge is 2.21. The average molecular weight is 316 g/mol. The van der Waals surface area contributed by atoms with Crippen LogP contribution in [0.4, 0.5) is 0 Å². The van der Waals surface area contributed by atoms with Crippen LogP contribution in [0.5, 0.6) is 5.75 Å². The Morgan fingerprint density at radius 2 is 2.44 bits per heavy atom. The maximum Gasteiger partial charge on any atom is 0.124 e. The van der Waals surface area contributed by atoms with Gasteiger partial charge in [0.2, 0.25) is 0 Å². The van der Waals surface area contributed by atoms with E-state index in [1.165, 1.54) is 0 Å². The van der Waals surface area contributed by atoms with Gasteiger partial charge in [0.25, 0.3) is 0 Å². The molecule has 0 spiro atoms. The fraction of sp³-hybridized carbons (Fsp3) is 0.538. The first-order chi connectivity index (χ1) is 8.70. The summed E-state index contributed by atoms with van der Waals surface area (Å²) in [5.41, 5.74) is 1.14. The molecule has 0 saturated heterocycles. The van der Waals surface area contributed by atoms with Crippen molar-refractivity contribution in [1.82, 2.24) is 5.32 Å². The Balaban J connectivity index is 2.01. The van der Waals surface area contributed by atoms with Crippen LogP contribution in [0.2, 0.25) is 0 Å². The van der Waals surface area contributed by atoms with Gasteiger partial charge in [-0.15, -0.1) is 0 Å². The van der Waals surface area contributed by atoms with Crippen LogP contribution in [0.25, 0.3) is 0 Å². The summed E-state index contributed by atoms with van der Waals surface area (Å²) in [6.07, 6.45) is 0.428. The molecule has 0 bridgehead atoms. The average Bonchev–Trinajstić information content (AvgIpc) is 2.36. The van der Waals surface area contributed by atoms with Crippen LogP contribution in [0.15, 0.2) is 22.7 Å². The lowest BCUT2D eigenvalue weighted by atomic mass is 10.0. The van der Waals surface area contributed by atoms with E-state index in [-0.39, 0.29) is 6.04 Å². The van der Waals surface area contributed by atoms with Gasteiger partial charge in [0.05, 0.1) is 19.3 Å². The molecule has 0 fully saturated rings. The van der Waals surface area contributed by atoms with Crippen LogP contribution in [0.3, 0.4) is 0 Å². The number of hydrogen-bond donors (Lipinski definition) is 2. The predicted molar refractivity (Wildman–Crippen MR) is 72.9 cm³/mol. The van der Waals surface area contributed by atoms with E-state index in [9.17, 15) is 5.11 Å². The zero-order valence-electron chi connectivity index (χ0n) is 10.4. The third kappa shape index (κ3) is 3.45. The molecule has 2 unspecified atom stereocenters. The van der Waals surface area contributed by atoms with E-state index < -0.39 is 6.10 Å². The van der Waals surface area contributed by atoms with Crippen LogP contribution < -0.4 is 10.1 Å². The third-order valence-electron chi connectivity index (χ3n) is 2.97. The Morgan fingerprint density at radius 1 is 1.61 bits per heavy atom. The lowest BCUT2D eigenvalue weighted by molar-refractivity contribution is 0.0614. The van der Waals surface area contributed by atoms with Crippen molar-refractivity contribution in [3.63, 3.8) is 0 Å². The molecule has 2 N–H and O–H groups in total. The number of benzene rings is 1. The Morgan fingerprint density at radius 3 is 3.22 bits per heavy atom. The molecule has 1 aromatic rings. The highest BCUT2D eigenvalue weighted by molar-refractivity contribution is 9.10. The second kappa shape index (κ2) is 6.52. The van der Waals surface area contributed by atoms with E-state index in [1.807, 2.05) is 12.1 Å². The summed E-state index contributed by atoms with van der Waals surface area (Å²) in [5.74, 6) is 0.920. The molecular formula is C13H18BrNO3. The van der Waals surface area contributed by atoms with Gasteiger partial charge in [0, 0.05) is 36.2 Å². The number of halogens is 1. The fourth-order valence-electron chi connectivity index (χ4n) is 2.11. The van der Waals surface area contributed by atoms with E-state index in [4.69, 9.17) is 9.47 Å². The van der Waals surface area contributed by atoms with Gasteiger partial charge in [-0.05, 0) is 18.2 Å². The van der Waals surface area contributed by atoms with Crippen LogP contribution in [-0.4, -0.2) is 38.1 Å². The smallest absolute Gasteiger partial charge is 0.124 e. The minimum absolute atomic E-state index is 0.220. The van der Waals surface area contributed by atoms with E-state index in [0.29, 0.717) is 19.8 Å². The summed E-state index contributed by atoms with van der Waals surface area (Å²) in [4.78, 5) is 0. The summed E-state index contributed by atoms with van der Waals surface area (Å²) < 4.78 is 11.6. The second-order valence-electron chi connectivity index (χ2n) is 4.39. The number of hydrogen-bond acceptors (Lipinski definition) is 4. The largest absolute Gasteiger partial charge is 0.493 e. The second-order valence-corrected chi connectivity index (χ2v) is 5.30. The van der Waals surface area contributed by atoms with E-state index >= 15 is 0 Å². The topological polar surface area (TPSA) is 50.7 Å². The standard InChI is InChI=1S/C13H18BrNO3/c1-17-8-10(16)7-15-12-4-5-18-13-3-2-9(14)6-11(12)13/h2-3,6,10,12,15-16H,4-5,7-8H2,1H3. The van der Waals surface area contributed by atoms with Crippen LogP contribution in [0.1, 0.15) is 18.0 Å². The molecule has 2 rings (SSSR count). The molecule has 0 radical (unpaired) electrons. The van der Waals surface area contributed by atoms with Gasteiger partial charge < -0.3 is 19.9 Å². The molecule has 0 aromatic heterocycles. The first-order valence-electron chi connectivity index (χ1n) is 6.03. The number of ether oxygens (including phenoxy) is 2. The minimum Gasteiger partial charge on any atom is -0.493 e. The first-order valence-corrected chi connectivity index (χ1v) is 6.82. The lowest BCUT2D eigenvalue weighted by Gasteiger charge is -2.27. The molecule has 18 heavy (non-hydrogen) atoms. The Labute approximate surface area is 115 Å². The normalized spacial score (nSPS) is 20.1. The van der Waals surface area contributed by atoms with Crippen molar-refractivity contribution in [3.8, 4) is 5.75 Å². The van der Waals surface area contributed by atoms with Crippen molar-refractivity contribution in [2.75, 3.05) is 26.9 Å². The van der Waals surface area contributed by atoms with Gasteiger partial charge in [-0.2, -0.15) is 0 Å². The van der Waals surface area contributed by atoms with E-state index in [2.05, 4.69) is 27.3 Å². The van der Waals surface area contributed by atoms with Gasteiger partial charge in [0.15, 0.2) is 0 Å². The number of fused-ring (bicyclic) bond motifs is 1. The summed E-state index contributed by atoms with van der Waals surface area (Å²) in [6.45, 7) is 1.57.